The molecular formula is C28H35N3O5S2. The van der Waals surface area contributed by atoms with Gasteiger partial charge in [0.2, 0.25) is 0 Å². The molecule has 0 bridgehead atoms. The molecule has 2 saturated heterocycles. The number of amides is 1. The molecule has 0 radical (unpaired) electrons. The third kappa shape index (κ3) is 7.05. The lowest BCUT2D eigenvalue weighted by molar-refractivity contribution is -0.0907. The molecule has 2 aliphatic rings. The topological polar surface area (TPSA) is 93.2 Å². The zero-order chi connectivity index (χ0) is 26.5. The largest absolute Gasteiger partial charge is 0.443 e. The minimum Gasteiger partial charge on any atom is -0.443 e. The Morgan fingerprint density at radius 3 is 2.89 bits per heavy atom. The third-order valence-corrected chi connectivity index (χ3v) is 8.62. The molecule has 3 heterocycles. The Morgan fingerprint density at radius 1 is 1.24 bits per heavy atom. The van der Waals surface area contributed by atoms with Crippen LogP contribution < -0.4 is 5.32 Å². The molecule has 204 valence electrons. The summed E-state index contributed by atoms with van der Waals surface area (Å²) in [5, 5.41) is 14.4. The predicted octanol–water partition coefficient (Wildman–Crippen LogP) is 4.72. The monoisotopic (exact) mass is 557 g/mol. The molecule has 2 fully saturated rings. The van der Waals surface area contributed by atoms with Crippen LogP contribution in [-0.2, 0) is 20.6 Å². The van der Waals surface area contributed by atoms with Crippen LogP contribution in [0.2, 0.25) is 0 Å². The van der Waals surface area contributed by atoms with Gasteiger partial charge in [0, 0.05) is 18.0 Å². The van der Waals surface area contributed by atoms with E-state index >= 15 is 0 Å². The van der Waals surface area contributed by atoms with Crippen molar-refractivity contribution in [2.45, 2.75) is 56.1 Å². The van der Waals surface area contributed by atoms with Crippen LogP contribution in [0.5, 0.6) is 0 Å². The number of hydrogen-bond acceptors (Lipinski definition) is 9. The fraction of sp³-hybridized carbons (Fsp3) is 0.500. The predicted molar refractivity (Wildman–Crippen MR) is 149 cm³/mol. The van der Waals surface area contributed by atoms with Gasteiger partial charge in [-0.15, -0.1) is 11.3 Å². The number of aliphatic hydroxyl groups is 1. The number of thiazole rings is 1. The van der Waals surface area contributed by atoms with Crippen LogP contribution in [0.4, 0.5) is 4.79 Å². The zero-order valence-electron chi connectivity index (χ0n) is 21.7. The number of nitrogens with one attached hydrogen (secondary N) is 1. The first kappa shape index (κ1) is 27.4. The molecule has 8 nitrogen and oxygen atoms in total. The van der Waals surface area contributed by atoms with E-state index in [0.29, 0.717) is 32.1 Å². The molecule has 0 spiro atoms. The van der Waals surface area contributed by atoms with Crippen LogP contribution in [0, 0.1) is 11.8 Å². The van der Waals surface area contributed by atoms with Crippen LogP contribution in [0.1, 0.15) is 25.8 Å². The average molecular weight is 558 g/mol. The highest BCUT2D eigenvalue weighted by Gasteiger charge is 2.44. The molecule has 2 aliphatic heterocycles. The van der Waals surface area contributed by atoms with E-state index in [2.05, 4.69) is 40.6 Å². The molecule has 2 aromatic carbocycles. The molecule has 5 rings (SSSR count). The Morgan fingerprint density at radius 2 is 2.08 bits per heavy atom. The number of carbonyl (C=O) groups is 1. The van der Waals surface area contributed by atoms with Gasteiger partial charge in [0.05, 0.1) is 47.0 Å². The summed E-state index contributed by atoms with van der Waals surface area (Å²) < 4.78 is 20.2. The number of alkyl carbamates (subject to hydrolysis) is 1. The highest BCUT2D eigenvalue weighted by molar-refractivity contribution is 7.97. The molecule has 38 heavy (non-hydrogen) atoms. The van der Waals surface area contributed by atoms with Gasteiger partial charge >= 0.3 is 6.09 Å². The van der Waals surface area contributed by atoms with E-state index in [1.54, 1.807) is 23.3 Å². The van der Waals surface area contributed by atoms with Crippen molar-refractivity contribution in [2.24, 2.45) is 11.8 Å². The molecule has 2 N–H and O–H groups in total. The lowest BCUT2D eigenvalue weighted by Gasteiger charge is -2.30. The van der Waals surface area contributed by atoms with Gasteiger partial charge in [-0.3, -0.25) is 0 Å². The summed E-state index contributed by atoms with van der Waals surface area (Å²) in [6, 6.07) is 15.6. The second-order valence-electron chi connectivity index (χ2n) is 10.3. The maximum atomic E-state index is 13.0. The summed E-state index contributed by atoms with van der Waals surface area (Å²) in [6.45, 7) is 6.43. The Labute approximate surface area is 231 Å². The minimum absolute atomic E-state index is 0.0621. The van der Waals surface area contributed by atoms with Gasteiger partial charge in [0.15, 0.2) is 6.29 Å². The number of hydrogen-bond donors (Lipinski definition) is 2. The molecule has 1 amide bonds. The molecule has 1 aromatic heterocycles. The second kappa shape index (κ2) is 12.8. The van der Waals surface area contributed by atoms with Crippen molar-refractivity contribution in [3.63, 3.8) is 0 Å². The quantitative estimate of drug-likeness (QED) is 0.327. The number of carbonyl (C=O) groups excluding carboxylic acids is 1. The average Bonchev–Trinajstić information content (AvgIpc) is 3.62. The first-order chi connectivity index (χ1) is 18.4. The van der Waals surface area contributed by atoms with Crippen molar-refractivity contribution in [1.82, 2.24) is 14.6 Å². The molecule has 0 aliphatic carbocycles. The molecular weight excluding hydrogens is 522 g/mol. The molecule has 0 saturated carbocycles. The standard InChI is InChI=1S/C28H35N3O5S2/c1-18(2)14-31(38-20-8-9-22-26(13-20)37-17-29-22)15-24(32)23(12-19-6-4-3-5-7-19)30-28(33)36-25-16-35-27-21(25)10-11-34-27/h3-9,13,17-18,21,23-25,27,32H,10-12,14-16H2,1-2H3,(H,30,33). The number of ether oxygens (including phenoxy) is 3. The van der Waals surface area contributed by atoms with Crippen LogP contribution in [0.15, 0.2) is 58.9 Å². The minimum atomic E-state index is -0.816. The van der Waals surface area contributed by atoms with Crippen molar-refractivity contribution in [1.29, 1.82) is 0 Å². The van der Waals surface area contributed by atoms with E-state index in [9.17, 15) is 9.90 Å². The number of aliphatic hydroxyl groups excluding tert-OH is 1. The maximum Gasteiger partial charge on any atom is 0.407 e. The highest BCUT2D eigenvalue weighted by atomic mass is 32.2. The van der Waals surface area contributed by atoms with Gasteiger partial charge in [-0.2, -0.15) is 0 Å². The summed E-state index contributed by atoms with van der Waals surface area (Å²) in [4.78, 5) is 18.4. The number of nitrogens with zero attached hydrogens (tertiary/aromatic N) is 2. The first-order valence-electron chi connectivity index (χ1n) is 13.1. The number of rotatable bonds is 11. The van der Waals surface area contributed by atoms with E-state index in [1.807, 2.05) is 41.9 Å². The maximum absolute atomic E-state index is 13.0. The Kier molecular flexibility index (Phi) is 9.19. The van der Waals surface area contributed by atoms with Crippen LogP contribution >= 0.6 is 23.3 Å². The summed E-state index contributed by atoms with van der Waals surface area (Å²) in [7, 11) is 0. The lowest BCUT2D eigenvalue weighted by Crippen LogP contribution is -2.50. The Hall–Kier alpha value is -2.21. The van der Waals surface area contributed by atoms with Gasteiger partial charge in [-0.05, 0) is 54.5 Å². The van der Waals surface area contributed by atoms with Gasteiger partial charge < -0.3 is 24.6 Å². The van der Waals surface area contributed by atoms with Crippen LogP contribution in [0.25, 0.3) is 10.2 Å². The van der Waals surface area contributed by atoms with E-state index in [-0.39, 0.29) is 18.3 Å². The van der Waals surface area contributed by atoms with Crippen LogP contribution in [-0.4, -0.2) is 71.3 Å². The van der Waals surface area contributed by atoms with Gasteiger partial charge in [0.25, 0.3) is 0 Å². The molecule has 3 aromatic rings. The van der Waals surface area contributed by atoms with Crippen molar-refractivity contribution in [3.8, 4) is 0 Å². The number of aromatic nitrogens is 1. The van der Waals surface area contributed by atoms with E-state index < -0.39 is 18.2 Å². The molecule has 5 unspecified atom stereocenters. The van der Waals surface area contributed by atoms with Crippen LogP contribution in [0.3, 0.4) is 0 Å². The Balaban J connectivity index is 1.27. The van der Waals surface area contributed by atoms with Crippen molar-refractivity contribution >= 4 is 39.6 Å². The van der Waals surface area contributed by atoms with Gasteiger partial charge in [-0.25, -0.2) is 14.1 Å². The van der Waals surface area contributed by atoms with Gasteiger partial charge in [-0.1, -0.05) is 44.2 Å². The first-order valence-corrected chi connectivity index (χ1v) is 14.8. The van der Waals surface area contributed by atoms with Crippen molar-refractivity contribution < 1.29 is 24.1 Å². The third-order valence-electron chi connectivity index (χ3n) is 6.81. The zero-order valence-corrected chi connectivity index (χ0v) is 23.3. The van der Waals surface area contributed by atoms with Crippen molar-refractivity contribution in [2.75, 3.05) is 26.3 Å². The smallest absolute Gasteiger partial charge is 0.407 e. The summed E-state index contributed by atoms with van der Waals surface area (Å²) >= 11 is 3.24. The van der Waals surface area contributed by atoms with Gasteiger partial charge in [0.1, 0.15) is 6.10 Å². The van der Waals surface area contributed by atoms with E-state index in [0.717, 1.165) is 33.6 Å². The highest BCUT2D eigenvalue weighted by Crippen LogP contribution is 2.33. The fourth-order valence-corrected chi connectivity index (χ4v) is 6.94. The second-order valence-corrected chi connectivity index (χ2v) is 12.3. The fourth-order valence-electron chi connectivity index (χ4n) is 4.96. The number of fused-ring (bicyclic) bond motifs is 2. The SMILES string of the molecule is CC(C)CN(CC(O)C(Cc1ccccc1)NC(=O)OC1COC2OCCC12)Sc1ccc2ncsc2c1. The summed E-state index contributed by atoms with van der Waals surface area (Å²) in [5.41, 5.74) is 3.87. The lowest BCUT2D eigenvalue weighted by atomic mass is 10.0. The summed E-state index contributed by atoms with van der Waals surface area (Å²) in [5.74, 6) is 0.461. The normalized spacial score (nSPS) is 22.6. The van der Waals surface area contributed by atoms with E-state index in [1.165, 1.54) is 0 Å². The Bertz CT molecular complexity index is 1190. The number of benzene rings is 2. The van der Waals surface area contributed by atoms with E-state index in [4.69, 9.17) is 14.2 Å². The molecule has 10 heteroatoms. The van der Waals surface area contributed by atoms with Crippen molar-refractivity contribution in [3.05, 3.63) is 59.6 Å². The molecule has 5 atom stereocenters. The summed E-state index contributed by atoms with van der Waals surface area (Å²) in [6.07, 6.45) is -0.683.